The van der Waals surface area contributed by atoms with Crippen LogP contribution in [0.5, 0.6) is 0 Å². The summed E-state index contributed by atoms with van der Waals surface area (Å²) in [5, 5.41) is 8.80. The molecule has 5 nitrogen and oxygen atoms in total. The number of piperidine rings is 1. The van der Waals surface area contributed by atoms with Crippen LogP contribution in [-0.2, 0) is 16.0 Å². The lowest BCUT2D eigenvalue weighted by Crippen LogP contribution is -2.45. The van der Waals surface area contributed by atoms with E-state index in [0.29, 0.717) is 11.6 Å². The van der Waals surface area contributed by atoms with E-state index in [1.54, 1.807) is 7.05 Å². The summed E-state index contributed by atoms with van der Waals surface area (Å²) in [6.07, 6.45) is 2.22. The van der Waals surface area contributed by atoms with Crippen molar-refractivity contribution in [2.24, 2.45) is 5.92 Å². The molecular weight excluding hydrogens is 266 g/mol. The number of hydrogen-bond acceptors (Lipinski definition) is 3. The maximum absolute atomic E-state index is 12.3. The van der Waals surface area contributed by atoms with Gasteiger partial charge in [-0.05, 0) is 36.9 Å². The Balaban J connectivity index is 2.04. The summed E-state index contributed by atoms with van der Waals surface area (Å²) in [5.74, 6) is 0.468. The van der Waals surface area contributed by atoms with E-state index in [9.17, 15) is 9.59 Å². The molecule has 1 aliphatic heterocycles. The van der Waals surface area contributed by atoms with Gasteiger partial charge in [-0.2, -0.15) is 0 Å². The lowest BCUT2D eigenvalue weighted by Gasteiger charge is -2.27. The Labute approximate surface area is 125 Å². The molecule has 2 amide bonds. The largest absolute Gasteiger partial charge is 0.359 e. The first-order valence-electron chi connectivity index (χ1n) is 7.43. The third-order valence-corrected chi connectivity index (χ3v) is 3.89. The number of para-hydroxylation sites is 1. The normalized spacial score (nSPS) is 21.6. The number of hydrogen-bond donors (Lipinski definition) is 3. The second-order valence-electron chi connectivity index (χ2n) is 5.63. The molecule has 1 aromatic rings. The molecule has 0 aromatic heterocycles. The Morgan fingerprint density at radius 2 is 2.10 bits per heavy atom. The van der Waals surface area contributed by atoms with Crippen LogP contribution < -0.4 is 16.0 Å². The maximum atomic E-state index is 12.3. The highest BCUT2D eigenvalue weighted by Crippen LogP contribution is 2.19. The van der Waals surface area contributed by atoms with Crippen LogP contribution in [0.15, 0.2) is 24.3 Å². The fraction of sp³-hybridized carbons (Fsp3) is 0.500. The smallest absolute Gasteiger partial charge is 0.241 e. The van der Waals surface area contributed by atoms with E-state index in [0.717, 1.165) is 24.9 Å². The Morgan fingerprint density at radius 1 is 1.33 bits per heavy atom. The number of amides is 2. The SMILES string of the molecule is CNC(=O)Cc1ccccc1NC(=O)C1CC(C)CCN1. The van der Waals surface area contributed by atoms with Crippen molar-refractivity contribution in [2.75, 3.05) is 18.9 Å². The molecule has 5 heteroatoms. The van der Waals surface area contributed by atoms with Gasteiger partial charge < -0.3 is 16.0 Å². The molecule has 0 aliphatic carbocycles. The van der Waals surface area contributed by atoms with Gasteiger partial charge in [0.1, 0.15) is 0 Å². The second-order valence-corrected chi connectivity index (χ2v) is 5.63. The van der Waals surface area contributed by atoms with E-state index in [2.05, 4.69) is 22.9 Å². The van der Waals surface area contributed by atoms with E-state index < -0.39 is 0 Å². The highest BCUT2D eigenvalue weighted by molar-refractivity contribution is 5.96. The highest BCUT2D eigenvalue weighted by atomic mass is 16.2. The number of likely N-dealkylation sites (N-methyl/N-ethyl adjacent to an activating group) is 1. The van der Waals surface area contributed by atoms with Crippen molar-refractivity contribution in [1.29, 1.82) is 0 Å². The Hall–Kier alpha value is -1.88. The monoisotopic (exact) mass is 289 g/mol. The van der Waals surface area contributed by atoms with Crippen LogP contribution in [0.2, 0.25) is 0 Å². The first-order valence-corrected chi connectivity index (χ1v) is 7.43. The summed E-state index contributed by atoms with van der Waals surface area (Å²) in [6.45, 7) is 3.04. The third-order valence-electron chi connectivity index (χ3n) is 3.89. The zero-order chi connectivity index (χ0) is 15.2. The van der Waals surface area contributed by atoms with Gasteiger partial charge in [0, 0.05) is 12.7 Å². The number of carbonyl (C=O) groups excluding carboxylic acids is 2. The maximum Gasteiger partial charge on any atom is 0.241 e. The van der Waals surface area contributed by atoms with Gasteiger partial charge in [0.15, 0.2) is 0 Å². The molecule has 1 saturated heterocycles. The average molecular weight is 289 g/mol. The fourth-order valence-electron chi connectivity index (χ4n) is 2.58. The minimum absolute atomic E-state index is 0.0223. The van der Waals surface area contributed by atoms with Crippen molar-refractivity contribution in [3.63, 3.8) is 0 Å². The van der Waals surface area contributed by atoms with Crippen molar-refractivity contribution in [2.45, 2.75) is 32.2 Å². The lowest BCUT2D eigenvalue weighted by molar-refractivity contribution is -0.120. The van der Waals surface area contributed by atoms with E-state index in [4.69, 9.17) is 0 Å². The van der Waals surface area contributed by atoms with Crippen LogP contribution in [0.25, 0.3) is 0 Å². The van der Waals surface area contributed by atoms with Crippen LogP contribution in [0.1, 0.15) is 25.3 Å². The predicted molar refractivity (Wildman–Crippen MR) is 83.0 cm³/mol. The lowest BCUT2D eigenvalue weighted by atomic mass is 9.94. The van der Waals surface area contributed by atoms with Crippen molar-refractivity contribution in [3.8, 4) is 0 Å². The number of benzene rings is 1. The number of rotatable bonds is 4. The predicted octanol–water partition coefficient (Wildman–Crippen LogP) is 1.30. The van der Waals surface area contributed by atoms with Crippen LogP contribution in [0.4, 0.5) is 5.69 Å². The summed E-state index contributed by atoms with van der Waals surface area (Å²) in [5.41, 5.74) is 1.54. The molecule has 0 radical (unpaired) electrons. The molecule has 21 heavy (non-hydrogen) atoms. The fourth-order valence-corrected chi connectivity index (χ4v) is 2.58. The average Bonchev–Trinajstić information content (AvgIpc) is 2.49. The zero-order valence-electron chi connectivity index (χ0n) is 12.6. The van der Waals surface area contributed by atoms with Crippen LogP contribution in [-0.4, -0.2) is 31.4 Å². The van der Waals surface area contributed by atoms with E-state index in [1.807, 2.05) is 24.3 Å². The molecule has 1 fully saturated rings. The van der Waals surface area contributed by atoms with Gasteiger partial charge in [-0.1, -0.05) is 25.1 Å². The second kappa shape index (κ2) is 7.22. The summed E-state index contributed by atoms with van der Waals surface area (Å²) in [7, 11) is 1.61. The summed E-state index contributed by atoms with van der Waals surface area (Å²) in [6, 6.07) is 7.28. The molecule has 1 aromatic carbocycles. The van der Waals surface area contributed by atoms with Gasteiger partial charge in [0.2, 0.25) is 11.8 Å². The van der Waals surface area contributed by atoms with Crippen molar-refractivity contribution in [1.82, 2.24) is 10.6 Å². The topological polar surface area (TPSA) is 70.2 Å². The molecule has 114 valence electrons. The van der Waals surface area contributed by atoms with Crippen LogP contribution in [0.3, 0.4) is 0 Å². The van der Waals surface area contributed by atoms with E-state index in [-0.39, 0.29) is 24.3 Å². The summed E-state index contributed by atoms with van der Waals surface area (Å²) in [4.78, 5) is 23.9. The standard InChI is InChI=1S/C16H23N3O2/c1-11-7-8-18-14(9-11)16(21)19-13-6-4-3-5-12(13)10-15(20)17-2/h3-6,11,14,18H,7-10H2,1-2H3,(H,17,20)(H,19,21). The van der Waals surface area contributed by atoms with Gasteiger partial charge in [-0.15, -0.1) is 0 Å². The van der Waals surface area contributed by atoms with Gasteiger partial charge in [-0.3, -0.25) is 9.59 Å². The molecule has 3 N–H and O–H groups in total. The van der Waals surface area contributed by atoms with E-state index in [1.165, 1.54) is 0 Å². The molecule has 0 bridgehead atoms. The number of nitrogens with one attached hydrogen (secondary N) is 3. The van der Waals surface area contributed by atoms with Crippen molar-refractivity contribution >= 4 is 17.5 Å². The third kappa shape index (κ3) is 4.29. The molecule has 0 spiro atoms. The Morgan fingerprint density at radius 3 is 2.81 bits per heavy atom. The molecular formula is C16H23N3O2. The molecule has 2 unspecified atom stereocenters. The van der Waals surface area contributed by atoms with Crippen molar-refractivity contribution < 1.29 is 9.59 Å². The number of anilines is 1. The highest BCUT2D eigenvalue weighted by Gasteiger charge is 2.24. The van der Waals surface area contributed by atoms with Gasteiger partial charge >= 0.3 is 0 Å². The minimum atomic E-state index is -0.151. The summed E-state index contributed by atoms with van der Waals surface area (Å²) < 4.78 is 0. The molecule has 2 atom stereocenters. The van der Waals surface area contributed by atoms with Crippen molar-refractivity contribution in [3.05, 3.63) is 29.8 Å². The van der Waals surface area contributed by atoms with Crippen LogP contribution in [0, 0.1) is 5.92 Å². The molecule has 0 saturated carbocycles. The Kier molecular flexibility index (Phi) is 5.33. The summed E-state index contributed by atoms with van der Waals surface area (Å²) >= 11 is 0. The minimum Gasteiger partial charge on any atom is -0.359 e. The quantitative estimate of drug-likeness (QED) is 0.782. The first kappa shape index (κ1) is 15.5. The van der Waals surface area contributed by atoms with Crippen LogP contribution >= 0.6 is 0 Å². The number of carbonyl (C=O) groups is 2. The van der Waals surface area contributed by atoms with Gasteiger partial charge in [-0.25, -0.2) is 0 Å². The van der Waals surface area contributed by atoms with E-state index >= 15 is 0 Å². The first-order chi connectivity index (χ1) is 10.1. The van der Waals surface area contributed by atoms with Gasteiger partial charge in [0.25, 0.3) is 0 Å². The Bertz CT molecular complexity index is 516. The molecule has 1 aliphatic rings. The zero-order valence-corrected chi connectivity index (χ0v) is 12.6. The molecule has 1 heterocycles. The van der Waals surface area contributed by atoms with Gasteiger partial charge in [0.05, 0.1) is 12.5 Å². The molecule has 2 rings (SSSR count).